The Bertz CT molecular complexity index is 1410. The Morgan fingerprint density at radius 1 is 0.975 bits per heavy atom. The van der Waals surface area contributed by atoms with Gasteiger partial charge in [-0.15, -0.1) is 0 Å². The van der Waals surface area contributed by atoms with Crippen LogP contribution in [-0.2, 0) is 26.0 Å². The third kappa shape index (κ3) is 7.43. The second kappa shape index (κ2) is 13.3. The van der Waals surface area contributed by atoms with E-state index >= 15 is 0 Å². The molecule has 0 spiro atoms. The molecule has 1 saturated carbocycles. The average Bonchev–Trinajstić information content (AvgIpc) is 3.45. The van der Waals surface area contributed by atoms with Crippen LogP contribution in [0.15, 0.2) is 83.8 Å². The summed E-state index contributed by atoms with van der Waals surface area (Å²) >= 11 is 6.23. The standard InChI is InChI=1S/C31H36ClN3O4S/c1-23-15-17-29(18-16-23)40(38,39)35(28-14-8-11-26(32)21-28)22-30(36)34(20-19-25-9-4-3-5-10-25)24(2)31(37)33-27-12-6-7-13-27/h3-5,8-11,14-18,21,24,27H,6-7,12-13,19-20,22H2,1-2H3,(H,33,37)/t24-/m0/s1. The minimum Gasteiger partial charge on any atom is -0.352 e. The lowest BCUT2D eigenvalue weighted by Crippen LogP contribution is -2.53. The van der Waals surface area contributed by atoms with E-state index in [0.717, 1.165) is 41.1 Å². The Balaban J connectivity index is 1.64. The van der Waals surface area contributed by atoms with E-state index in [4.69, 9.17) is 11.6 Å². The molecule has 40 heavy (non-hydrogen) atoms. The van der Waals surface area contributed by atoms with Crippen molar-refractivity contribution >= 4 is 39.1 Å². The molecule has 3 aromatic carbocycles. The van der Waals surface area contributed by atoms with Crippen LogP contribution in [0.2, 0.25) is 5.02 Å². The Labute approximate surface area is 242 Å². The number of aryl methyl sites for hydroxylation is 1. The molecule has 1 atom stereocenters. The van der Waals surface area contributed by atoms with Crippen LogP contribution < -0.4 is 9.62 Å². The van der Waals surface area contributed by atoms with Crippen LogP contribution >= 0.6 is 11.6 Å². The van der Waals surface area contributed by atoms with Crippen LogP contribution in [-0.4, -0.2) is 50.3 Å². The number of sulfonamides is 1. The lowest BCUT2D eigenvalue weighted by molar-refractivity contribution is -0.139. The Morgan fingerprint density at radius 3 is 2.30 bits per heavy atom. The highest BCUT2D eigenvalue weighted by Gasteiger charge is 2.33. The van der Waals surface area contributed by atoms with Gasteiger partial charge in [-0.25, -0.2) is 8.42 Å². The summed E-state index contributed by atoms with van der Waals surface area (Å²) in [6.45, 7) is 3.35. The summed E-state index contributed by atoms with van der Waals surface area (Å²) in [6, 6.07) is 21.9. The number of carbonyl (C=O) groups excluding carboxylic acids is 2. The average molecular weight is 582 g/mol. The molecular weight excluding hydrogens is 546 g/mol. The number of anilines is 1. The van der Waals surface area contributed by atoms with Crippen molar-refractivity contribution in [2.45, 2.75) is 62.9 Å². The maximum Gasteiger partial charge on any atom is 0.264 e. The number of hydrogen-bond donors (Lipinski definition) is 1. The fourth-order valence-electron chi connectivity index (χ4n) is 4.96. The molecule has 0 aromatic heterocycles. The van der Waals surface area contributed by atoms with E-state index < -0.39 is 28.5 Å². The molecule has 2 amide bonds. The zero-order valence-corrected chi connectivity index (χ0v) is 24.5. The van der Waals surface area contributed by atoms with Crippen molar-refractivity contribution in [3.8, 4) is 0 Å². The van der Waals surface area contributed by atoms with Gasteiger partial charge in [0.25, 0.3) is 10.0 Å². The van der Waals surface area contributed by atoms with Crippen LogP contribution in [0.4, 0.5) is 5.69 Å². The number of amides is 2. The Kier molecular flexibility index (Phi) is 9.87. The quantitative estimate of drug-likeness (QED) is 0.330. The number of halogens is 1. The van der Waals surface area contributed by atoms with Crippen molar-refractivity contribution in [1.29, 1.82) is 0 Å². The molecule has 7 nitrogen and oxygen atoms in total. The number of nitrogens with one attached hydrogen (secondary N) is 1. The van der Waals surface area contributed by atoms with Crippen LogP contribution in [0.3, 0.4) is 0 Å². The van der Waals surface area contributed by atoms with Crippen molar-refractivity contribution in [3.63, 3.8) is 0 Å². The maximum absolute atomic E-state index is 14.0. The molecule has 1 aliphatic rings. The fraction of sp³-hybridized carbons (Fsp3) is 0.355. The Morgan fingerprint density at radius 2 is 1.65 bits per heavy atom. The summed E-state index contributed by atoms with van der Waals surface area (Å²) in [4.78, 5) is 28.8. The summed E-state index contributed by atoms with van der Waals surface area (Å²) < 4.78 is 28.8. The van der Waals surface area contributed by atoms with Crippen molar-refractivity contribution in [3.05, 3.63) is 95.0 Å². The Hall–Kier alpha value is -3.36. The van der Waals surface area contributed by atoms with Gasteiger partial charge in [0.15, 0.2) is 0 Å². The molecule has 1 aliphatic carbocycles. The maximum atomic E-state index is 14.0. The topological polar surface area (TPSA) is 86.8 Å². The van der Waals surface area contributed by atoms with Crippen molar-refractivity contribution in [1.82, 2.24) is 10.2 Å². The zero-order valence-electron chi connectivity index (χ0n) is 22.9. The van der Waals surface area contributed by atoms with Crippen molar-refractivity contribution < 1.29 is 18.0 Å². The normalized spacial score (nSPS) is 14.5. The third-order valence-electron chi connectivity index (χ3n) is 7.34. The molecule has 212 valence electrons. The van der Waals surface area contributed by atoms with Crippen molar-refractivity contribution in [2.75, 3.05) is 17.4 Å². The van der Waals surface area contributed by atoms with E-state index in [0.29, 0.717) is 11.4 Å². The van der Waals surface area contributed by atoms with Gasteiger partial charge in [-0.1, -0.05) is 78.5 Å². The van der Waals surface area contributed by atoms with E-state index in [2.05, 4.69) is 5.32 Å². The highest BCUT2D eigenvalue weighted by atomic mass is 35.5. The van der Waals surface area contributed by atoms with Crippen molar-refractivity contribution in [2.24, 2.45) is 0 Å². The summed E-state index contributed by atoms with van der Waals surface area (Å²) in [6.07, 6.45) is 4.51. The summed E-state index contributed by atoms with van der Waals surface area (Å²) in [7, 11) is -4.12. The first kappa shape index (κ1) is 29.6. The lowest BCUT2D eigenvalue weighted by Gasteiger charge is -2.32. The lowest BCUT2D eigenvalue weighted by atomic mass is 10.1. The predicted octanol–water partition coefficient (Wildman–Crippen LogP) is 5.36. The number of carbonyl (C=O) groups is 2. The van der Waals surface area contributed by atoms with E-state index in [9.17, 15) is 18.0 Å². The first-order chi connectivity index (χ1) is 19.1. The molecule has 0 aliphatic heterocycles. The van der Waals surface area contributed by atoms with Crippen LogP contribution in [0.5, 0.6) is 0 Å². The molecule has 1 N–H and O–H groups in total. The molecule has 0 unspecified atom stereocenters. The van der Waals surface area contributed by atoms with E-state index in [1.54, 1.807) is 37.3 Å². The molecule has 9 heteroatoms. The van der Waals surface area contributed by atoms with Gasteiger partial charge in [0.2, 0.25) is 11.8 Å². The molecule has 4 rings (SSSR count). The zero-order chi connectivity index (χ0) is 28.7. The first-order valence-corrected chi connectivity index (χ1v) is 15.5. The second-order valence-corrected chi connectivity index (χ2v) is 12.6. The molecule has 0 radical (unpaired) electrons. The molecule has 0 heterocycles. The second-order valence-electron chi connectivity index (χ2n) is 10.3. The van der Waals surface area contributed by atoms with Gasteiger partial charge in [-0.05, 0) is 69.0 Å². The molecule has 1 fully saturated rings. The fourth-order valence-corrected chi connectivity index (χ4v) is 6.55. The van der Waals surface area contributed by atoms with Gasteiger partial charge in [0, 0.05) is 17.6 Å². The highest BCUT2D eigenvalue weighted by molar-refractivity contribution is 7.92. The van der Waals surface area contributed by atoms with Gasteiger partial charge >= 0.3 is 0 Å². The number of nitrogens with zero attached hydrogens (tertiary/aromatic N) is 2. The van der Waals surface area contributed by atoms with E-state index in [1.807, 2.05) is 37.3 Å². The van der Waals surface area contributed by atoms with Gasteiger partial charge in [-0.3, -0.25) is 13.9 Å². The number of benzene rings is 3. The largest absolute Gasteiger partial charge is 0.352 e. The summed E-state index contributed by atoms with van der Waals surface area (Å²) in [5.41, 5.74) is 2.20. The minimum absolute atomic E-state index is 0.0636. The number of rotatable bonds is 11. The SMILES string of the molecule is Cc1ccc(S(=O)(=O)N(CC(=O)N(CCc2ccccc2)[C@@H](C)C(=O)NC2CCCC2)c2cccc(Cl)c2)cc1. The predicted molar refractivity (Wildman–Crippen MR) is 159 cm³/mol. The van der Waals surface area contributed by atoms with E-state index in [-0.39, 0.29) is 29.1 Å². The van der Waals surface area contributed by atoms with Crippen LogP contribution in [0.1, 0.15) is 43.7 Å². The monoisotopic (exact) mass is 581 g/mol. The van der Waals surface area contributed by atoms with Crippen LogP contribution in [0, 0.1) is 6.92 Å². The van der Waals surface area contributed by atoms with Gasteiger partial charge in [0.1, 0.15) is 12.6 Å². The van der Waals surface area contributed by atoms with Gasteiger partial charge < -0.3 is 10.2 Å². The third-order valence-corrected chi connectivity index (χ3v) is 9.36. The molecule has 0 saturated heterocycles. The minimum atomic E-state index is -4.12. The molecule has 3 aromatic rings. The first-order valence-electron chi connectivity index (χ1n) is 13.6. The summed E-state index contributed by atoms with van der Waals surface area (Å²) in [5.74, 6) is -0.704. The highest BCUT2D eigenvalue weighted by Crippen LogP contribution is 2.27. The van der Waals surface area contributed by atoms with Gasteiger partial charge in [0.05, 0.1) is 10.6 Å². The molecular formula is C31H36ClN3O4S. The summed E-state index contributed by atoms with van der Waals surface area (Å²) in [5, 5.41) is 3.43. The number of hydrogen-bond acceptors (Lipinski definition) is 4. The van der Waals surface area contributed by atoms with E-state index in [1.165, 1.54) is 23.1 Å². The van der Waals surface area contributed by atoms with Crippen LogP contribution in [0.25, 0.3) is 0 Å². The van der Waals surface area contributed by atoms with Gasteiger partial charge in [-0.2, -0.15) is 0 Å². The molecule has 0 bridgehead atoms. The smallest absolute Gasteiger partial charge is 0.264 e.